The van der Waals surface area contributed by atoms with Crippen LogP contribution < -0.4 is 15.5 Å². The lowest BCUT2D eigenvalue weighted by Gasteiger charge is -2.33. The summed E-state index contributed by atoms with van der Waals surface area (Å²) in [6.45, 7) is 3.00. The number of carbonyl (C=O) groups is 2. The molecule has 2 aliphatic rings. The van der Waals surface area contributed by atoms with Gasteiger partial charge in [0.05, 0.1) is 17.1 Å². The minimum atomic E-state index is -0.238. The third kappa shape index (κ3) is 3.35. The summed E-state index contributed by atoms with van der Waals surface area (Å²) in [5, 5.41) is 8.32. The second-order valence-electron chi connectivity index (χ2n) is 7.62. The third-order valence-corrected chi connectivity index (χ3v) is 6.52. The van der Waals surface area contributed by atoms with Crippen LogP contribution in [0.5, 0.6) is 0 Å². The van der Waals surface area contributed by atoms with E-state index in [-0.39, 0.29) is 17.9 Å². The van der Waals surface area contributed by atoms with Crippen molar-refractivity contribution < 1.29 is 9.59 Å². The number of thiazole rings is 1. The Morgan fingerprint density at radius 1 is 1.27 bits per heavy atom. The highest BCUT2D eigenvalue weighted by molar-refractivity contribution is 7.14. The minimum Gasteiger partial charge on any atom is -0.358 e. The van der Waals surface area contributed by atoms with Gasteiger partial charge in [0.2, 0.25) is 5.91 Å². The van der Waals surface area contributed by atoms with Crippen molar-refractivity contribution in [2.45, 2.75) is 32.2 Å². The molecule has 5 rings (SSSR count). The Labute approximate surface area is 178 Å². The zero-order valence-corrected chi connectivity index (χ0v) is 17.5. The van der Waals surface area contributed by atoms with Gasteiger partial charge in [-0.25, -0.2) is 4.98 Å². The van der Waals surface area contributed by atoms with Crippen molar-refractivity contribution in [3.8, 4) is 11.3 Å². The highest BCUT2D eigenvalue weighted by Gasteiger charge is 2.36. The zero-order chi connectivity index (χ0) is 20.7. The van der Waals surface area contributed by atoms with E-state index in [4.69, 9.17) is 0 Å². The van der Waals surface area contributed by atoms with Crippen LogP contribution in [0.15, 0.2) is 47.8 Å². The number of hydrogen-bond acceptors (Lipinski definition) is 5. The number of rotatable bonds is 4. The van der Waals surface area contributed by atoms with Gasteiger partial charge < -0.3 is 10.2 Å². The van der Waals surface area contributed by atoms with Crippen molar-refractivity contribution in [2.75, 3.05) is 22.1 Å². The Hall–Kier alpha value is -3.19. The van der Waals surface area contributed by atoms with Crippen molar-refractivity contribution in [3.05, 3.63) is 59.0 Å². The van der Waals surface area contributed by atoms with Gasteiger partial charge in [-0.15, -0.1) is 11.3 Å². The second-order valence-corrected chi connectivity index (χ2v) is 8.47. The number of amides is 2. The summed E-state index contributed by atoms with van der Waals surface area (Å²) in [5.41, 5.74) is 5.33. The molecule has 2 aliphatic heterocycles. The topological polar surface area (TPSA) is 74.3 Å². The maximum Gasteiger partial charge on any atom is 0.257 e. The number of aryl methyl sites for hydroxylation is 1. The molecule has 2 amide bonds. The van der Waals surface area contributed by atoms with Gasteiger partial charge in [-0.3, -0.25) is 14.9 Å². The van der Waals surface area contributed by atoms with E-state index in [2.05, 4.69) is 51.7 Å². The molecule has 0 aliphatic carbocycles. The van der Waals surface area contributed by atoms with E-state index in [0.717, 1.165) is 42.8 Å². The third-order valence-electron chi connectivity index (χ3n) is 5.76. The predicted octanol–water partition coefficient (Wildman–Crippen LogP) is 4.55. The predicted molar refractivity (Wildman–Crippen MR) is 120 cm³/mol. The second kappa shape index (κ2) is 7.57. The summed E-state index contributed by atoms with van der Waals surface area (Å²) in [7, 11) is 0. The molecule has 2 N–H and O–H groups in total. The molecule has 0 radical (unpaired) electrons. The van der Waals surface area contributed by atoms with Gasteiger partial charge in [-0.05, 0) is 43.0 Å². The lowest BCUT2D eigenvalue weighted by Crippen LogP contribution is -2.43. The van der Waals surface area contributed by atoms with Crippen LogP contribution in [0, 0.1) is 0 Å². The lowest BCUT2D eigenvalue weighted by molar-refractivity contribution is -0.117. The van der Waals surface area contributed by atoms with Crippen LogP contribution in [-0.4, -0.2) is 29.4 Å². The molecule has 7 heteroatoms. The van der Waals surface area contributed by atoms with Crippen LogP contribution in [0.2, 0.25) is 0 Å². The number of hydrogen-bond donors (Lipinski definition) is 2. The highest BCUT2D eigenvalue weighted by Crippen LogP contribution is 2.37. The fourth-order valence-corrected chi connectivity index (χ4v) is 4.83. The molecule has 0 unspecified atom stereocenters. The summed E-state index contributed by atoms with van der Waals surface area (Å²) >= 11 is 1.40. The number of carbonyl (C=O) groups excluding carboxylic acids is 2. The quantitative estimate of drug-likeness (QED) is 0.652. The molecule has 6 nitrogen and oxygen atoms in total. The smallest absolute Gasteiger partial charge is 0.257 e. The summed E-state index contributed by atoms with van der Waals surface area (Å²) in [6, 6.07) is 13.7. The van der Waals surface area contributed by atoms with E-state index in [1.807, 2.05) is 11.4 Å². The number of nitrogens with zero attached hydrogens (tertiary/aromatic N) is 2. The van der Waals surface area contributed by atoms with Gasteiger partial charge in [0.1, 0.15) is 6.04 Å². The van der Waals surface area contributed by atoms with Crippen LogP contribution in [0.25, 0.3) is 11.3 Å². The largest absolute Gasteiger partial charge is 0.358 e. The first-order chi connectivity index (χ1) is 14.6. The Morgan fingerprint density at radius 3 is 2.90 bits per heavy atom. The molecule has 3 aromatic rings. The van der Waals surface area contributed by atoms with Crippen molar-refractivity contribution >= 4 is 39.7 Å². The lowest BCUT2D eigenvalue weighted by atomic mass is 10.1. The first-order valence-electron chi connectivity index (χ1n) is 10.2. The van der Waals surface area contributed by atoms with Gasteiger partial charge in [0, 0.05) is 23.1 Å². The number of fused-ring (bicyclic) bond motifs is 3. The van der Waals surface area contributed by atoms with Crippen LogP contribution >= 0.6 is 11.3 Å². The summed E-state index contributed by atoms with van der Waals surface area (Å²) in [6.07, 6.45) is 2.88. The average molecular weight is 419 g/mol. The van der Waals surface area contributed by atoms with Crippen molar-refractivity contribution in [1.29, 1.82) is 0 Å². The van der Waals surface area contributed by atoms with E-state index in [1.165, 1.54) is 16.9 Å². The molecular weight excluding hydrogens is 396 g/mol. The molecule has 3 heterocycles. The van der Waals surface area contributed by atoms with Crippen LogP contribution in [0.4, 0.5) is 16.5 Å². The van der Waals surface area contributed by atoms with E-state index >= 15 is 0 Å². The molecule has 0 spiro atoms. The van der Waals surface area contributed by atoms with Crippen molar-refractivity contribution in [3.63, 3.8) is 0 Å². The normalized spacial score (nSPS) is 17.3. The van der Waals surface area contributed by atoms with Crippen LogP contribution in [0.3, 0.4) is 0 Å². The number of aromatic nitrogens is 1. The van der Waals surface area contributed by atoms with Gasteiger partial charge in [-0.1, -0.05) is 31.2 Å². The van der Waals surface area contributed by atoms with E-state index in [9.17, 15) is 9.59 Å². The number of anilines is 3. The first kappa shape index (κ1) is 18.8. The molecule has 30 heavy (non-hydrogen) atoms. The fourth-order valence-electron chi connectivity index (χ4n) is 4.12. The van der Waals surface area contributed by atoms with E-state index < -0.39 is 0 Å². The average Bonchev–Trinajstić information content (AvgIpc) is 3.44. The van der Waals surface area contributed by atoms with Crippen LogP contribution in [0.1, 0.15) is 35.7 Å². The number of nitrogens with one attached hydrogen (secondary N) is 2. The molecule has 2 aromatic carbocycles. The summed E-state index contributed by atoms with van der Waals surface area (Å²) in [5.74, 6) is -0.228. The molecule has 1 atom stereocenters. The van der Waals surface area contributed by atoms with Gasteiger partial charge in [0.15, 0.2) is 5.13 Å². The van der Waals surface area contributed by atoms with Gasteiger partial charge in [0.25, 0.3) is 5.91 Å². The SMILES string of the molecule is CCc1ccc(-c2csc(NC(=O)c3ccc4c(c3)NC(=O)[C@H]3CCCN43)n2)cc1. The molecule has 1 aromatic heterocycles. The molecule has 1 fully saturated rings. The minimum absolute atomic E-state index is 0.0104. The molecule has 0 bridgehead atoms. The molecular formula is C23H22N4O2S. The van der Waals surface area contributed by atoms with Crippen molar-refractivity contribution in [1.82, 2.24) is 4.98 Å². The van der Waals surface area contributed by atoms with Gasteiger partial charge >= 0.3 is 0 Å². The highest BCUT2D eigenvalue weighted by atomic mass is 32.1. The van der Waals surface area contributed by atoms with E-state index in [1.54, 1.807) is 12.1 Å². The molecule has 152 valence electrons. The van der Waals surface area contributed by atoms with Gasteiger partial charge in [-0.2, -0.15) is 0 Å². The van der Waals surface area contributed by atoms with Crippen LogP contribution in [-0.2, 0) is 11.2 Å². The molecule has 0 saturated carbocycles. The maximum absolute atomic E-state index is 12.8. The summed E-state index contributed by atoms with van der Waals surface area (Å²) in [4.78, 5) is 31.8. The monoisotopic (exact) mass is 418 g/mol. The Bertz CT molecular complexity index is 1120. The first-order valence-corrected chi connectivity index (χ1v) is 11.1. The zero-order valence-electron chi connectivity index (χ0n) is 16.6. The fraction of sp³-hybridized carbons (Fsp3) is 0.261. The Morgan fingerprint density at radius 2 is 2.10 bits per heavy atom. The standard InChI is InChI=1S/C23H22N4O2S/c1-2-14-5-7-15(8-6-14)18-13-30-23(25-18)26-21(28)16-9-10-19-17(12-16)24-22(29)20-4-3-11-27(19)20/h5-10,12-13,20H,2-4,11H2,1H3,(H,24,29)(H,25,26,28)/t20-/m1/s1. The maximum atomic E-state index is 12.8. The number of benzene rings is 2. The van der Waals surface area contributed by atoms with Crippen molar-refractivity contribution in [2.24, 2.45) is 0 Å². The van der Waals surface area contributed by atoms with E-state index in [0.29, 0.717) is 16.4 Å². The Balaban J connectivity index is 1.33. The summed E-state index contributed by atoms with van der Waals surface area (Å²) < 4.78 is 0. The molecule has 1 saturated heterocycles. The Kier molecular flexibility index (Phi) is 4.75.